The fourth-order valence-corrected chi connectivity index (χ4v) is 2.65. The molecule has 0 saturated carbocycles. The van der Waals surface area contributed by atoms with Gasteiger partial charge in [-0.2, -0.15) is 0 Å². The highest BCUT2D eigenvalue weighted by Gasteiger charge is 2.44. The van der Waals surface area contributed by atoms with Gasteiger partial charge in [0.25, 0.3) is 0 Å². The predicted molar refractivity (Wildman–Crippen MR) is 56.1 cm³/mol. The van der Waals surface area contributed by atoms with Gasteiger partial charge in [0.1, 0.15) is 0 Å². The summed E-state index contributed by atoms with van der Waals surface area (Å²) >= 11 is 0. The molecular weight excluding hydrogens is 176 g/mol. The van der Waals surface area contributed by atoms with Crippen LogP contribution in [0.2, 0.25) is 0 Å². The summed E-state index contributed by atoms with van der Waals surface area (Å²) in [5.74, 6) is 0.328. The molecule has 0 radical (unpaired) electrons. The maximum absolute atomic E-state index is 11.8. The van der Waals surface area contributed by atoms with Gasteiger partial charge >= 0.3 is 0 Å². The molecule has 1 unspecified atom stereocenters. The SMILES string of the molecule is CC(C)N1CC2(CCCCN2)CC1=O. The molecule has 2 heterocycles. The maximum Gasteiger partial charge on any atom is 0.224 e. The Balaban J connectivity index is 2.07. The third-order valence-corrected chi connectivity index (χ3v) is 3.49. The van der Waals surface area contributed by atoms with Crippen molar-refractivity contribution in [1.29, 1.82) is 0 Å². The molecule has 80 valence electrons. The van der Waals surface area contributed by atoms with Crippen molar-refractivity contribution in [3.05, 3.63) is 0 Å². The highest BCUT2D eigenvalue weighted by molar-refractivity contribution is 5.80. The summed E-state index contributed by atoms with van der Waals surface area (Å²) in [5.41, 5.74) is 0.125. The molecule has 1 atom stereocenters. The van der Waals surface area contributed by atoms with Crippen LogP contribution in [0.1, 0.15) is 39.5 Å². The molecule has 2 saturated heterocycles. The number of rotatable bonds is 1. The molecule has 2 aliphatic rings. The Morgan fingerprint density at radius 1 is 1.43 bits per heavy atom. The van der Waals surface area contributed by atoms with Crippen LogP contribution in [0.15, 0.2) is 0 Å². The normalized spacial score (nSPS) is 33.4. The molecule has 0 aromatic carbocycles. The van der Waals surface area contributed by atoms with Crippen LogP contribution in [0.25, 0.3) is 0 Å². The molecule has 14 heavy (non-hydrogen) atoms. The first-order valence-corrected chi connectivity index (χ1v) is 5.67. The summed E-state index contributed by atoms with van der Waals surface area (Å²) in [6, 6.07) is 0.352. The van der Waals surface area contributed by atoms with Crippen LogP contribution < -0.4 is 5.32 Å². The average molecular weight is 196 g/mol. The Morgan fingerprint density at radius 2 is 2.21 bits per heavy atom. The second-order valence-corrected chi connectivity index (χ2v) is 4.96. The van der Waals surface area contributed by atoms with Gasteiger partial charge in [0.05, 0.1) is 0 Å². The third kappa shape index (κ3) is 1.65. The van der Waals surface area contributed by atoms with Gasteiger partial charge < -0.3 is 10.2 Å². The maximum atomic E-state index is 11.8. The summed E-state index contributed by atoms with van der Waals surface area (Å²) < 4.78 is 0. The van der Waals surface area contributed by atoms with Crippen LogP contribution in [0.3, 0.4) is 0 Å². The van der Waals surface area contributed by atoms with E-state index in [-0.39, 0.29) is 5.54 Å². The lowest BCUT2D eigenvalue weighted by Gasteiger charge is -2.34. The van der Waals surface area contributed by atoms with Crippen molar-refractivity contribution in [1.82, 2.24) is 10.2 Å². The van der Waals surface area contributed by atoms with E-state index in [4.69, 9.17) is 0 Å². The van der Waals surface area contributed by atoms with Gasteiger partial charge in [0, 0.05) is 24.5 Å². The number of hydrogen-bond acceptors (Lipinski definition) is 2. The van der Waals surface area contributed by atoms with Crippen molar-refractivity contribution in [2.75, 3.05) is 13.1 Å². The molecule has 1 amide bonds. The van der Waals surface area contributed by atoms with Crippen molar-refractivity contribution in [2.24, 2.45) is 0 Å². The van der Waals surface area contributed by atoms with Crippen LogP contribution in [-0.4, -0.2) is 35.5 Å². The largest absolute Gasteiger partial charge is 0.338 e. The van der Waals surface area contributed by atoms with E-state index >= 15 is 0 Å². The minimum Gasteiger partial charge on any atom is -0.338 e. The molecule has 2 aliphatic heterocycles. The van der Waals surface area contributed by atoms with Gasteiger partial charge in [-0.05, 0) is 33.2 Å². The molecule has 2 fully saturated rings. The van der Waals surface area contributed by atoms with E-state index in [1.807, 2.05) is 4.90 Å². The third-order valence-electron chi connectivity index (χ3n) is 3.49. The molecule has 0 aromatic rings. The van der Waals surface area contributed by atoms with Crippen molar-refractivity contribution in [2.45, 2.75) is 51.1 Å². The second kappa shape index (κ2) is 3.54. The molecule has 1 N–H and O–H groups in total. The summed E-state index contributed by atoms with van der Waals surface area (Å²) in [4.78, 5) is 13.8. The summed E-state index contributed by atoms with van der Waals surface area (Å²) in [5, 5.41) is 3.55. The highest BCUT2D eigenvalue weighted by Crippen LogP contribution is 2.31. The lowest BCUT2D eigenvalue weighted by Crippen LogP contribution is -2.50. The first-order chi connectivity index (χ1) is 6.63. The first-order valence-electron chi connectivity index (χ1n) is 5.67. The van der Waals surface area contributed by atoms with Gasteiger partial charge in [-0.15, -0.1) is 0 Å². The number of amides is 1. The molecule has 0 aromatic heterocycles. The van der Waals surface area contributed by atoms with E-state index in [9.17, 15) is 4.79 Å². The molecule has 2 rings (SSSR count). The number of carbonyl (C=O) groups excluding carboxylic acids is 1. The summed E-state index contributed by atoms with van der Waals surface area (Å²) in [6.07, 6.45) is 4.41. The number of carbonyl (C=O) groups is 1. The van der Waals surface area contributed by atoms with Gasteiger partial charge in [-0.25, -0.2) is 0 Å². The molecule has 0 bridgehead atoms. The van der Waals surface area contributed by atoms with Gasteiger partial charge in [-0.1, -0.05) is 6.42 Å². The fraction of sp³-hybridized carbons (Fsp3) is 0.909. The Hall–Kier alpha value is -0.570. The van der Waals surface area contributed by atoms with E-state index in [0.29, 0.717) is 18.4 Å². The monoisotopic (exact) mass is 196 g/mol. The second-order valence-electron chi connectivity index (χ2n) is 4.96. The fourth-order valence-electron chi connectivity index (χ4n) is 2.65. The zero-order valence-corrected chi connectivity index (χ0v) is 9.18. The zero-order valence-electron chi connectivity index (χ0n) is 9.18. The Labute approximate surface area is 85.8 Å². The predicted octanol–water partition coefficient (Wildman–Crippen LogP) is 1.14. The van der Waals surface area contributed by atoms with Crippen molar-refractivity contribution in [3.63, 3.8) is 0 Å². The van der Waals surface area contributed by atoms with Crippen LogP contribution in [0, 0.1) is 0 Å². The first kappa shape index (κ1) is 9.97. The van der Waals surface area contributed by atoms with Crippen molar-refractivity contribution < 1.29 is 4.79 Å². The smallest absolute Gasteiger partial charge is 0.224 e. The number of piperidine rings is 1. The molecule has 3 nitrogen and oxygen atoms in total. The molecule has 3 heteroatoms. The van der Waals surface area contributed by atoms with Crippen molar-refractivity contribution in [3.8, 4) is 0 Å². The number of likely N-dealkylation sites (tertiary alicyclic amines) is 1. The molecule has 1 spiro atoms. The van der Waals surface area contributed by atoms with Crippen LogP contribution >= 0.6 is 0 Å². The minimum atomic E-state index is 0.125. The lowest BCUT2D eigenvalue weighted by atomic mass is 9.88. The van der Waals surface area contributed by atoms with Crippen LogP contribution in [-0.2, 0) is 4.79 Å². The van der Waals surface area contributed by atoms with Crippen LogP contribution in [0.5, 0.6) is 0 Å². The standard InChI is InChI=1S/C11H20N2O/c1-9(2)13-8-11(7-10(13)14)5-3-4-6-12-11/h9,12H,3-8H2,1-2H3. The summed E-state index contributed by atoms with van der Waals surface area (Å²) in [7, 11) is 0. The Kier molecular flexibility index (Phi) is 2.52. The van der Waals surface area contributed by atoms with E-state index in [1.54, 1.807) is 0 Å². The van der Waals surface area contributed by atoms with E-state index < -0.39 is 0 Å². The van der Waals surface area contributed by atoms with Gasteiger partial charge in [-0.3, -0.25) is 4.79 Å². The molecular formula is C11H20N2O. The topological polar surface area (TPSA) is 32.3 Å². The van der Waals surface area contributed by atoms with E-state index in [2.05, 4.69) is 19.2 Å². The van der Waals surface area contributed by atoms with Crippen molar-refractivity contribution >= 4 is 5.91 Å². The van der Waals surface area contributed by atoms with Gasteiger partial charge in [0.15, 0.2) is 0 Å². The number of nitrogens with zero attached hydrogens (tertiary/aromatic N) is 1. The lowest BCUT2D eigenvalue weighted by molar-refractivity contribution is -0.129. The Morgan fingerprint density at radius 3 is 2.71 bits per heavy atom. The molecule has 0 aliphatic carbocycles. The number of nitrogens with one attached hydrogen (secondary N) is 1. The highest BCUT2D eigenvalue weighted by atomic mass is 16.2. The Bertz CT molecular complexity index is 231. The zero-order chi connectivity index (χ0) is 10.2. The minimum absolute atomic E-state index is 0.125. The van der Waals surface area contributed by atoms with Crippen LogP contribution in [0.4, 0.5) is 0 Å². The van der Waals surface area contributed by atoms with E-state index in [1.165, 1.54) is 19.3 Å². The number of hydrogen-bond donors (Lipinski definition) is 1. The van der Waals surface area contributed by atoms with Gasteiger partial charge in [0.2, 0.25) is 5.91 Å². The summed E-state index contributed by atoms with van der Waals surface area (Å²) in [6.45, 7) is 6.20. The average Bonchev–Trinajstić information content (AvgIpc) is 2.44. The quantitative estimate of drug-likeness (QED) is 0.682. The van der Waals surface area contributed by atoms with E-state index in [0.717, 1.165) is 13.1 Å².